The van der Waals surface area contributed by atoms with Gasteiger partial charge in [0.1, 0.15) is 0 Å². The van der Waals surface area contributed by atoms with Gasteiger partial charge in [0, 0.05) is 24.9 Å². The molecule has 0 saturated heterocycles. The van der Waals surface area contributed by atoms with Crippen molar-refractivity contribution in [1.82, 2.24) is 20.4 Å². The van der Waals surface area contributed by atoms with Gasteiger partial charge in [-0.25, -0.2) is 0 Å². The van der Waals surface area contributed by atoms with E-state index in [1.807, 2.05) is 18.3 Å². The predicted molar refractivity (Wildman–Crippen MR) is 77.5 cm³/mol. The molecule has 0 spiro atoms. The Morgan fingerprint density at radius 3 is 2.90 bits per heavy atom. The maximum atomic E-state index is 5.38. The van der Waals surface area contributed by atoms with E-state index in [4.69, 9.17) is 4.52 Å². The van der Waals surface area contributed by atoms with Gasteiger partial charge in [0.15, 0.2) is 5.82 Å². The van der Waals surface area contributed by atoms with E-state index in [1.165, 1.54) is 0 Å². The second-order valence-electron chi connectivity index (χ2n) is 5.12. The third-order valence-corrected chi connectivity index (χ3v) is 3.42. The summed E-state index contributed by atoms with van der Waals surface area (Å²) in [6, 6.07) is 4.25. The van der Waals surface area contributed by atoms with Gasteiger partial charge in [0.25, 0.3) is 0 Å². The quantitative estimate of drug-likeness (QED) is 0.840. The highest BCUT2D eigenvalue weighted by atomic mass is 16.5. The second kappa shape index (κ2) is 7.14. The molecule has 0 saturated carbocycles. The highest BCUT2D eigenvalue weighted by Crippen LogP contribution is 2.18. The lowest BCUT2D eigenvalue weighted by atomic mass is 10.0. The van der Waals surface area contributed by atoms with Crippen LogP contribution in [-0.2, 0) is 6.42 Å². The molecule has 0 aliphatic heterocycles. The van der Waals surface area contributed by atoms with Crippen molar-refractivity contribution in [3.63, 3.8) is 0 Å². The van der Waals surface area contributed by atoms with Crippen LogP contribution in [0.4, 0.5) is 0 Å². The third-order valence-electron chi connectivity index (χ3n) is 3.42. The number of nitrogens with zero attached hydrogens (tertiary/aromatic N) is 3. The van der Waals surface area contributed by atoms with Crippen molar-refractivity contribution in [1.29, 1.82) is 0 Å². The fourth-order valence-corrected chi connectivity index (χ4v) is 1.97. The van der Waals surface area contributed by atoms with Crippen LogP contribution < -0.4 is 5.32 Å². The smallest absolute Gasteiger partial charge is 0.231 e. The van der Waals surface area contributed by atoms with E-state index < -0.39 is 0 Å². The Hall–Kier alpha value is -1.75. The van der Waals surface area contributed by atoms with Gasteiger partial charge >= 0.3 is 0 Å². The lowest BCUT2D eigenvalue weighted by Crippen LogP contribution is -2.31. The SMILES string of the molecule is CCCNC(C)C(C)c1nc(Cc2cccnc2)no1. The minimum Gasteiger partial charge on any atom is -0.339 e. The van der Waals surface area contributed by atoms with Crippen LogP contribution in [0.1, 0.15) is 50.4 Å². The highest BCUT2D eigenvalue weighted by Gasteiger charge is 2.20. The molecule has 2 aromatic rings. The van der Waals surface area contributed by atoms with Gasteiger partial charge in [-0.05, 0) is 31.5 Å². The first-order valence-electron chi connectivity index (χ1n) is 7.15. The summed E-state index contributed by atoms with van der Waals surface area (Å²) >= 11 is 0. The van der Waals surface area contributed by atoms with Crippen LogP contribution in [0.25, 0.3) is 0 Å². The maximum Gasteiger partial charge on any atom is 0.231 e. The summed E-state index contributed by atoms with van der Waals surface area (Å²) in [5.41, 5.74) is 1.09. The summed E-state index contributed by atoms with van der Waals surface area (Å²) < 4.78 is 5.38. The van der Waals surface area contributed by atoms with Gasteiger partial charge in [-0.3, -0.25) is 4.98 Å². The van der Waals surface area contributed by atoms with Gasteiger partial charge in [-0.15, -0.1) is 0 Å². The molecule has 0 radical (unpaired) electrons. The first-order valence-corrected chi connectivity index (χ1v) is 7.15. The van der Waals surface area contributed by atoms with Crippen molar-refractivity contribution >= 4 is 0 Å². The fourth-order valence-electron chi connectivity index (χ4n) is 1.97. The molecule has 1 N–H and O–H groups in total. The van der Waals surface area contributed by atoms with E-state index in [0.29, 0.717) is 24.2 Å². The standard InChI is InChI=1S/C15H22N4O/c1-4-7-17-12(3)11(2)15-18-14(19-20-15)9-13-6-5-8-16-10-13/h5-6,8,10-12,17H,4,7,9H2,1-3H3. The van der Waals surface area contributed by atoms with Crippen molar-refractivity contribution in [3.05, 3.63) is 41.8 Å². The Morgan fingerprint density at radius 1 is 1.35 bits per heavy atom. The largest absolute Gasteiger partial charge is 0.339 e. The van der Waals surface area contributed by atoms with Crippen molar-refractivity contribution in [2.24, 2.45) is 0 Å². The Bertz CT molecular complexity index is 512. The summed E-state index contributed by atoms with van der Waals surface area (Å²) in [5.74, 6) is 1.61. The van der Waals surface area contributed by atoms with E-state index in [1.54, 1.807) is 6.20 Å². The molecule has 5 heteroatoms. The first kappa shape index (κ1) is 14.7. The van der Waals surface area contributed by atoms with E-state index in [0.717, 1.165) is 18.5 Å². The molecule has 2 aromatic heterocycles. The Kier molecular flexibility index (Phi) is 5.24. The van der Waals surface area contributed by atoms with Gasteiger partial charge in [-0.2, -0.15) is 4.98 Å². The van der Waals surface area contributed by atoms with Crippen molar-refractivity contribution in [2.45, 2.75) is 45.6 Å². The van der Waals surface area contributed by atoms with Gasteiger partial charge in [0.2, 0.25) is 5.89 Å². The van der Waals surface area contributed by atoms with Crippen LogP contribution in [0.5, 0.6) is 0 Å². The molecule has 0 aliphatic rings. The molecule has 0 amide bonds. The summed E-state index contributed by atoms with van der Waals surface area (Å²) in [4.78, 5) is 8.58. The lowest BCUT2D eigenvalue weighted by Gasteiger charge is -2.17. The van der Waals surface area contributed by atoms with Gasteiger partial charge in [-0.1, -0.05) is 25.1 Å². The number of hydrogen-bond donors (Lipinski definition) is 1. The Balaban J connectivity index is 1.98. The zero-order valence-electron chi connectivity index (χ0n) is 12.3. The van der Waals surface area contributed by atoms with E-state index in [-0.39, 0.29) is 5.92 Å². The molecule has 0 fully saturated rings. The van der Waals surface area contributed by atoms with E-state index >= 15 is 0 Å². The molecule has 20 heavy (non-hydrogen) atoms. The van der Waals surface area contributed by atoms with Crippen LogP contribution >= 0.6 is 0 Å². The van der Waals surface area contributed by atoms with E-state index in [9.17, 15) is 0 Å². The molecule has 0 aromatic carbocycles. The van der Waals surface area contributed by atoms with E-state index in [2.05, 4.69) is 41.2 Å². The second-order valence-corrected chi connectivity index (χ2v) is 5.12. The number of aromatic nitrogens is 3. The molecule has 2 heterocycles. The molecule has 0 aliphatic carbocycles. The summed E-state index contributed by atoms with van der Waals surface area (Å²) in [5, 5.41) is 7.51. The summed E-state index contributed by atoms with van der Waals surface area (Å²) in [6.45, 7) is 7.41. The third kappa shape index (κ3) is 3.87. The first-order chi connectivity index (χ1) is 9.70. The zero-order chi connectivity index (χ0) is 14.4. The lowest BCUT2D eigenvalue weighted by molar-refractivity contribution is 0.328. The normalized spacial score (nSPS) is 14.2. The average Bonchev–Trinajstić information content (AvgIpc) is 2.93. The monoisotopic (exact) mass is 274 g/mol. The van der Waals surface area contributed by atoms with Crippen LogP contribution in [-0.4, -0.2) is 27.7 Å². The van der Waals surface area contributed by atoms with Crippen LogP contribution in [0, 0.1) is 0 Å². The predicted octanol–water partition coefficient (Wildman–Crippen LogP) is 2.55. The molecule has 2 atom stereocenters. The molecule has 108 valence electrons. The minimum atomic E-state index is 0.205. The zero-order valence-corrected chi connectivity index (χ0v) is 12.3. The molecule has 5 nitrogen and oxygen atoms in total. The molecular formula is C15H22N4O. The molecular weight excluding hydrogens is 252 g/mol. The van der Waals surface area contributed by atoms with Gasteiger partial charge in [0.05, 0.1) is 5.92 Å². The fraction of sp³-hybridized carbons (Fsp3) is 0.533. The average molecular weight is 274 g/mol. The van der Waals surface area contributed by atoms with Crippen LogP contribution in [0.15, 0.2) is 29.0 Å². The minimum absolute atomic E-state index is 0.205. The maximum absolute atomic E-state index is 5.38. The van der Waals surface area contributed by atoms with Crippen LogP contribution in [0.2, 0.25) is 0 Å². The molecule has 2 rings (SSSR count). The van der Waals surface area contributed by atoms with Crippen molar-refractivity contribution in [2.75, 3.05) is 6.54 Å². The number of hydrogen-bond acceptors (Lipinski definition) is 5. The summed E-state index contributed by atoms with van der Waals surface area (Å²) in [7, 11) is 0. The Morgan fingerprint density at radius 2 is 2.20 bits per heavy atom. The number of rotatable bonds is 7. The summed E-state index contributed by atoms with van der Waals surface area (Å²) in [6.07, 6.45) is 5.35. The highest BCUT2D eigenvalue weighted by molar-refractivity contribution is 5.14. The molecule has 2 unspecified atom stereocenters. The number of nitrogens with one attached hydrogen (secondary N) is 1. The van der Waals surface area contributed by atoms with Gasteiger partial charge < -0.3 is 9.84 Å². The topological polar surface area (TPSA) is 63.8 Å². The molecule has 0 bridgehead atoms. The van der Waals surface area contributed by atoms with Crippen molar-refractivity contribution < 1.29 is 4.52 Å². The van der Waals surface area contributed by atoms with Crippen LogP contribution in [0.3, 0.4) is 0 Å². The van der Waals surface area contributed by atoms with Crippen molar-refractivity contribution in [3.8, 4) is 0 Å². The Labute approximate surface area is 119 Å². The number of pyridine rings is 1.